The summed E-state index contributed by atoms with van der Waals surface area (Å²) >= 11 is 0. The molecular formula is C15H22N2O3. The fraction of sp³-hybridized carbons (Fsp3) is 0.600. The van der Waals surface area contributed by atoms with Crippen LogP contribution in [0.25, 0.3) is 0 Å². The van der Waals surface area contributed by atoms with E-state index < -0.39 is 0 Å². The van der Waals surface area contributed by atoms with E-state index in [0.29, 0.717) is 13.2 Å². The standard InChI is InChI=1S/C15H22N2O3/c1-4-20-15(19)8-7-14(18)17-10-9-16-11(2)5-6-13(16)12(17)3/h5-6,12H,4,7-10H2,1-3H3. The molecule has 0 fully saturated rings. The van der Waals surface area contributed by atoms with Crippen molar-refractivity contribution in [2.75, 3.05) is 13.2 Å². The smallest absolute Gasteiger partial charge is 0.306 e. The van der Waals surface area contributed by atoms with Gasteiger partial charge in [-0.05, 0) is 32.9 Å². The average Bonchev–Trinajstić information content (AvgIpc) is 2.79. The summed E-state index contributed by atoms with van der Waals surface area (Å²) < 4.78 is 7.10. The van der Waals surface area contributed by atoms with Crippen molar-refractivity contribution >= 4 is 11.9 Å². The fourth-order valence-electron chi connectivity index (χ4n) is 2.75. The van der Waals surface area contributed by atoms with E-state index in [4.69, 9.17) is 4.74 Å². The first-order chi connectivity index (χ1) is 9.54. The van der Waals surface area contributed by atoms with Crippen molar-refractivity contribution in [1.29, 1.82) is 0 Å². The van der Waals surface area contributed by atoms with Crippen molar-refractivity contribution in [2.45, 2.75) is 46.2 Å². The van der Waals surface area contributed by atoms with Gasteiger partial charge in [-0.25, -0.2) is 0 Å². The number of amides is 1. The number of carbonyl (C=O) groups is 2. The van der Waals surface area contributed by atoms with Crippen LogP contribution < -0.4 is 0 Å². The molecule has 0 spiro atoms. The summed E-state index contributed by atoms with van der Waals surface area (Å²) in [6.07, 6.45) is 0.388. The van der Waals surface area contributed by atoms with E-state index >= 15 is 0 Å². The maximum absolute atomic E-state index is 12.2. The molecule has 0 aliphatic carbocycles. The molecule has 5 heteroatoms. The number of rotatable bonds is 4. The van der Waals surface area contributed by atoms with Gasteiger partial charge in [-0.3, -0.25) is 9.59 Å². The van der Waals surface area contributed by atoms with Gasteiger partial charge in [0.15, 0.2) is 0 Å². The Morgan fingerprint density at radius 1 is 1.30 bits per heavy atom. The van der Waals surface area contributed by atoms with Gasteiger partial charge in [-0.15, -0.1) is 0 Å². The summed E-state index contributed by atoms with van der Waals surface area (Å²) in [5.74, 6) is -0.277. The Morgan fingerprint density at radius 3 is 2.75 bits per heavy atom. The van der Waals surface area contributed by atoms with E-state index in [0.717, 1.165) is 6.54 Å². The van der Waals surface area contributed by atoms with Gasteiger partial charge in [0.1, 0.15) is 0 Å². The van der Waals surface area contributed by atoms with Crippen LogP contribution in [0.3, 0.4) is 0 Å². The quantitative estimate of drug-likeness (QED) is 0.792. The van der Waals surface area contributed by atoms with Crippen LogP contribution in [0.15, 0.2) is 12.1 Å². The highest BCUT2D eigenvalue weighted by atomic mass is 16.5. The monoisotopic (exact) mass is 278 g/mol. The van der Waals surface area contributed by atoms with Crippen LogP contribution in [0.1, 0.15) is 44.1 Å². The molecule has 1 aromatic heterocycles. The molecule has 1 aliphatic rings. The molecule has 2 heterocycles. The van der Waals surface area contributed by atoms with E-state index in [9.17, 15) is 9.59 Å². The molecule has 1 unspecified atom stereocenters. The Hall–Kier alpha value is -1.78. The van der Waals surface area contributed by atoms with Crippen molar-refractivity contribution < 1.29 is 14.3 Å². The molecule has 0 radical (unpaired) electrons. The Balaban J connectivity index is 1.97. The summed E-state index contributed by atoms with van der Waals surface area (Å²) in [6, 6.07) is 4.22. The maximum atomic E-state index is 12.2. The molecule has 20 heavy (non-hydrogen) atoms. The van der Waals surface area contributed by atoms with Crippen molar-refractivity contribution in [3.8, 4) is 0 Å². The van der Waals surface area contributed by atoms with Crippen LogP contribution >= 0.6 is 0 Å². The summed E-state index contributed by atoms with van der Waals surface area (Å²) in [5.41, 5.74) is 2.39. The lowest BCUT2D eigenvalue weighted by Crippen LogP contribution is -2.41. The lowest BCUT2D eigenvalue weighted by atomic mass is 10.1. The van der Waals surface area contributed by atoms with Crippen LogP contribution in [0.5, 0.6) is 0 Å². The third kappa shape index (κ3) is 2.86. The normalized spacial score (nSPS) is 17.8. The fourth-order valence-corrected chi connectivity index (χ4v) is 2.75. The van der Waals surface area contributed by atoms with Crippen molar-refractivity contribution in [3.63, 3.8) is 0 Å². The second-order valence-corrected chi connectivity index (χ2v) is 5.12. The molecule has 1 amide bonds. The Bertz CT molecular complexity index is 507. The molecule has 0 N–H and O–H groups in total. The van der Waals surface area contributed by atoms with Crippen LogP contribution in [0, 0.1) is 6.92 Å². The zero-order valence-corrected chi connectivity index (χ0v) is 12.4. The van der Waals surface area contributed by atoms with Crippen LogP contribution in [-0.4, -0.2) is 34.5 Å². The minimum Gasteiger partial charge on any atom is -0.466 e. The van der Waals surface area contributed by atoms with Gasteiger partial charge in [0.25, 0.3) is 0 Å². The first-order valence-electron chi connectivity index (χ1n) is 7.15. The van der Waals surface area contributed by atoms with Crippen molar-refractivity contribution in [2.24, 2.45) is 0 Å². The largest absolute Gasteiger partial charge is 0.466 e. The Morgan fingerprint density at radius 2 is 2.05 bits per heavy atom. The molecule has 0 saturated heterocycles. The van der Waals surface area contributed by atoms with E-state index in [1.165, 1.54) is 11.4 Å². The van der Waals surface area contributed by atoms with E-state index in [1.54, 1.807) is 6.92 Å². The number of aromatic nitrogens is 1. The zero-order valence-electron chi connectivity index (χ0n) is 12.4. The first kappa shape index (κ1) is 14.6. The van der Waals surface area contributed by atoms with Crippen molar-refractivity contribution in [1.82, 2.24) is 9.47 Å². The minimum absolute atomic E-state index is 0.0238. The highest BCUT2D eigenvalue weighted by molar-refractivity contribution is 5.81. The molecule has 2 rings (SSSR count). The molecule has 0 aromatic carbocycles. The first-order valence-corrected chi connectivity index (χ1v) is 7.15. The van der Waals surface area contributed by atoms with Gasteiger partial charge in [-0.1, -0.05) is 0 Å². The zero-order chi connectivity index (χ0) is 14.7. The number of aryl methyl sites for hydroxylation is 1. The predicted molar refractivity (Wildman–Crippen MR) is 75.2 cm³/mol. The second-order valence-electron chi connectivity index (χ2n) is 5.12. The summed E-state index contributed by atoms with van der Waals surface area (Å²) in [4.78, 5) is 25.4. The molecule has 0 saturated carbocycles. The highest BCUT2D eigenvalue weighted by Gasteiger charge is 2.28. The second kappa shape index (κ2) is 6.11. The number of ether oxygens (including phenoxy) is 1. The number of fused-ring (bicyclic) bond motifs is 1. The van der Waals surface area contributed by atoms with E-state index in [-0.39, 0.29) is 30.8 Å². The molecule has 1 atom stereocenters. The van der Waals surface area contributed by atoms with Gasteiger partial charge < -0.3 is 14.2 Å². The highest BCUT2D eigenvalue weighted by Crippen LogP contribution is 2.27. The molecule has 1 aromatic rings. The van der Waals surface area contributed by atoms with Crippen LogP contribution in [-0.2, 0) is 20.9 Å². The number of carbonyl (C=O) groups excluding carboxylic acids is 2. The van der Waals surface area contributed by atoms with Gasteiger partial charge in [0.05, 0.1) is 19.1 Å². The number of esters is 1. The van der Waals surface area contributed by atoms with Crippen LogP contribution in [0.4, 0.5) is 0 Å². The van der Waals surface area contributed by atoms with Crippen LogP contribution in [0.2, 0.25) is 0 Å². The lowest BCUT2D eigenvalue weighted by Gasteiger charge is -2.35. The summed E-state index contributed by atoms with van der Waals surface area (Å²) in [7, 11) is 0. The summed E-state index contributed by atoms with van der Waals surface area (Å²) in [5, 5.41) is 0. The molecule has 1 aliphatic heterocycles. The lowest BCUT2D eigenvalue weighted by molar-refractivity contribution is -0.146. The number of nitrogens with zero attached hydrogens (tertiary/aromatic N) is 2. The van der Waals surface area contributed by atoms with Gasteiger partial charge in [0.2, 0.25) is 5.91 Å². The third-order valence-electron chi connectivity index (χ3n) is 3.86. The van der Waals surface area contributed by atoms with E-state index in [1.807, 2.05) is 11.8 Å². The topological polar surface area (TPSA) is 51.5 Å². The molecule has 5 nitrogen and oxygen atoms in total. The molecular weight excluding hydrogens is 256 g/mol. The molecule has 0 bridgehead atoms. The minimum atomic E-state index is -0.301. The Kier molecular flexibility index (Phi) is 4.47. The van der Waals surface area contributed by atoms with Gasteiger partial charge in [-0.2, -0.15) is 0 Å². The molecule has 110 valence electrons. The SMILES string of the molecule is CCOC(=O)CCC(=O)N1CCn2c(C)ccc2C1C. The number of hydrogen-bond donors (Lipinski definition) is 0. The van der Waals surface area contributed by atoms with Gasteiger partial charge >= 0.3 is 5.97 Å². The average molecular weight is 278 g/mol. The summed E-state index contributed by atoms with van der Waals surface area (Å²) in [6.45, 7) is 7.76. The Labute approximate surface area is 119 Å². The van der Waals surface area contributed by atoms with Crippen molar-refractivity contribution in [3.05, 3.63) is 23.5 Å². The van der Waals surface area contributed by atoms with E-state index in [2.05, 4.69) is 23.6 Å². The predicted octanol–water partition coefficient (Wildman–Crippen LogP) is 2.04. The maximum Gasteiger partial charge on any atom is 0.306 e. The third-order valence-corrected chi connectivity index (χ3v) is 3.86. The van der Waals surface area contributed by atoms with Gasteiger partial charge in [0, 0.05) is 30.9 Å². The number of hydrogen-bond acceptors (Lipinski definition) is 3.